The average molecular weight is 385 g/mol. The fourth-order valence-electron chi connectivity index (χ4n) is 3.70. The molecule has 1 fully saturated rings. The smallest absolute Gasteiger partial charge is 0.256 e. The average Bonchev–Trinajstić information content (AvgIpc) is 2.74. The van der Waals surface area contributed by atoms with E-state index >= 15 is 0 Å². The van der Waals surface area contributed by atoms with E-state index in [2.05, 4.69) is 4.98 Å². The van der Waals surface area contributed by atoms with Crippen molar-refractivity contribution in [2.24, 2.45) is 0 Å². The van der Waals surface area contributed by atoms with Crippen LogP contribution in [0.4, 0.5) is 5.69 Å². The van der Waals surface area contributed by atoms with Gasteiger partial charge in [0, 0.05) is 25.0 Å². The molecule has 1 aliphatic heterocycles. The zero-order valence-electron chi connectivity index (χ0n) is 16.6. The number of amides is 2. The van der Waals surface area contributed by atoms with Gasteiger partial charge >= 0.3 is 0 Å². The zero-order chi connectivity index (χ0) is 20.4. The highest BCUT2D eigenvalue weighted by Gasteiger charge is 2.30. The minimum absolute atomic E-state index is 0.0648. The van der Waals surface area contributed by atoms with E-state index in [1.807, 2.05) is 74.5 Å². The lowest BCUT2D eigenvalue weighted by molar-refractivity contribution is -0.120. The third kappa shape index (κ3) is 3.76. The molecule has 2 heterocycles. The Bertz CT molecular complexity index is 1050. The van der Waals surface area contributed by atoms with Gasteiger partial charge in [0.25, 0.3) is 5.91 Å². The Morgan fingerprint density at radius 3 is 2.34 bits per heavy atom. The highest BCUT2D eigenvalue weighted by molar-refractivity contribution is 6.05. The lowest BCUT2D eigenvalue weighted by Crippen LogP contribution is -2.52. The first-order valence-electron chi connectivity index (χ1n) is 9.72. The number of aromatic nitrogens is 1. The third-order valence-corrected chi connectivity index (χ3v) is 5.29. The molecule has 1 aromatic heterocycles. The number of pyridine rings is 1. The van der Waals surface area contributed by atoms with Gasteiger partial charge in [0.15, 0.2) is 0 Å². The van der Waals surface area contributed by atoms with Gasteiger partial charge in [0.2, 0.25) is 5.91 Å². The highest BCUT2D eigenvalue weighted by Crippen LogP contribution is 2.27. The van der Waals surface area contributed by atoms with Crippen LogP contribution in [0.1, 0.15) is 21.6 Å². The normalized spacial score (nSPS) is 14.2. The van der Waals surface area contributed by atoms with E-state index in [9.17, 15) is 9.59 Å². The topological polar surface area (TPSA) is 53.5 Å². The van der Waals surface area contributed by atoms with Gasteiger partial charge in [-0.1, -0.05) is 48.0 Å². The first-order chi connectivity index (χ1) is 14.0. The first kappa shape index (κ1) is 18.9. The molecule has 1 saturated heterocycles. The Balaban J connectivity index is 1.59. The first-order valence-corrected chi connectivity index (χ1v) is 9.72. The summed E-state index contributed by atoms with van der Waals surface area (Å²) in [4.78, 5) is 33.8. The molecule has 0 radical (unpaired) electrons. The van der Waals surface area contributed by atoms with Crippen LogP contribution in [0.25, 0.3) is 11.1 Å². The van der Waals surface area contributed by atoms with Crippen molar-refractivity contribution >= 4 is 17.5 Å². The SMILES string of the molecule is Cc1ccc(N2CCN(C(=O)c3c(-c4ccccc4)ccnc3C)CC2=O)cc1. The van der Waals surface area contributed by atoms with E-state index in [1.54, 1.807) is 16.0 Å². The Labute approximate surface area is 170 Å². The summed E-state index contributed by atoms with van der Waals surface area (Å²) in [6.45, 7) is 4.89. The minimum Gasteiger partial charge on any atom is -0.327 e. The number of aryl methyl sites for hydroxylation is 2. The maximum Gasteiger partial charge on any atom is 0.256 e. The molecular weight excluding hydrogens is 362 g/mol. The van der Waals surface area contributed by atoms with Crippen molar-refractivity contribution in [1.82, 2.24) is 9.88 Å². The van der Waals surface area contributed by atoms with Crippen molar-refractivity contribution in [1.29, 1.82) is 0 Å². The Hall–Kier alpha value is -3.47. The van der Waals surface area contributed by atoms with Crippen LogP contribution in [0.15, 0.2) is 66.9 Å². The molecule has 0 saturated carbocycles. The predicted octanol–water partition coefficient (Wildman–Crippen LogP) is 3.85. The van der Waals surface area contributed by atoms with E-state index < -0.39 is 0 Å². The van der Waals surface area contributed by atoms with Crippen molar-refractivity contribution < 1.29 is 9.59 Å². The predicted molar refractivity (Wildman–Crippen MR) is 114 cm³/mol. The fourth-order valence-corrected chi connectivity index (χ4v) is 3.70. The molecule has 1 aliphatic rings. The van der Waals surface area contributed by atoms with Crippen LogP contribution >= 0.6 is 0 Å². The van der Waals surface area contributed by atoms with E-state index in [1.165, 1.54) is 0 Å². The molecule has 0 N–H and O–H groups in total. The van der Waals surface area contributed by atoms with Gasteiger partial charge in [0.05, 0.1) is 11.3 Å². The number of rotatable bonds is 3. The molecule has 2 aromatic carbocycles. The van der Waals surface area contributed by atoms with Crippen LogP contribution in [0, 0.1) is 13.8 Å². The molecular formula is C24H23N3O2. The third-order valence-electron chi connectivity index (χ3n) is 5.29. The number of nitrogens with zero attached hydrogens (tertiary/aromatic N) is 3. The van der Waals surface area contributed by atoms with Gasteiger partial charge < -0.3 is 9.80 Å². The van der Waals surface area contributed by atoms with E-state index in [0.29, 0.717) is 24.3 Å². The van der Waals surface area contributed by atoms with Crippen LogP contribution in [0.3, 0.4) is 0 Å². The van der Waals surface area contributed by atoms with Gasteiger partial charge in [-0.3, -0.25) is 14.6 Å². The molecule has 5 nitrogen and oxygen atoms in total. The maximum atomic E-state index is 13.4. The van der Waals surface area contributed by atoms with Crippen molar-refractivity contribution in [2.75, 3.05) is 24.5 Å². The van der Waals surface area contributed by atoms with Crippen LogP contribution in [-0.4, -0.2) is 41.3 Å². The number of carbonyl (C=O) groups excluding carboxylic acids is 2. The summed E-state index contributed by atoms with van der Waals surface area (Å²) in [7, 11) is 0. The zero-order valence-corrected chi connectivity index (χ0v) is 16.6. The van der Waals surface area contributed by atoms with Crippen LogP contribution in [0.5, 0.6) is 0 Å². The lowest BCUT2D eigenvalue weighted by atomic mass is 9.98. The molecule has 0 unspecified atom stereocenters. The van der Waals surface area contributed by atoms with Gasteiger partial charge in [-0.25, -0.2) is 0 Å². The largest absolute Gasteiger partial charge is 0.327 e. The maximum absolute atomic E-state index is 13.4. The molecule has 0 atom stereocenters. The van der Waals surface area contributed by atoms with Gasteiger partial charge in [-0.15, -0.1) is 0 Å². The highest BCUT2D eigenvalue weighted by atomic mass is 16.2. The van der Waals surface area contributed by atoms with Crippen molar-refractivity contribution in [2.45, 2.75) is 13.8 Å². The summed E-state index contributed by atoms with van der Waals surface area (Å²) < 4.78 is 0. The van der Waals surface area contributed by atoms with Crippen molar-refractivity contribution in [3.8, 4) is 11.1 Å². The molecule has 29 heavy (non-hydrogen) atoms. The van der Waals surface area contributed by atoms with Crippen molar-refractivity contribution in [3.63, 3.8) is 0 Å². The molecule has 0 bridgehead atoms. The Kier molecular flexibility index (Phi) is 5.12. The summed E-state index contributed by atoms with van der Waals surface area (Å²) in [6.07, 6.45) is 1.72. The number of piperazine rings is 1. The summed E-state index contributed by atoms with van der Waals surface area (Å²) in [5.74, 6) is -0.220. The number of anilines is 1. The fraction of sp³-hybridized carbons (Fsp3) is 0.208. The summed E-state index contributed by atoms with van der Waals surface area (Å²) in [6, 6.07) is 19.5. The lowest BCUT2D eigenvalue weighted by Gasteiger charge is -2.35. The number of hydrogen-bond acceptors (Lipinski definition) is 3. The molecule has 2 amide bonds. The minimum atomic E-state index is -0.147. The number of hydrogen-bond donors (Lipinski definition) is 0. The van der Waals surface area contributed by atoms with E-state index in [4.69, 9.17) is 0 Å². The van der Waals surface area contributed by atoms with Crippen LogP contribution in [-0.2, 0) is 4.79 Å². The molecule has 4 rings (SSSR count). The van der Waals surface area contributed by atoms with Crippen LogP contribution in [0.2, 0.25) is 0 Å². The van der Waals surface area contributed by atoms with Crippen LogP contribution < -0.4 is 4.90 Å². The van der Waals surface area contributed by atoms with Gasteiger partial charge in [-0.2, -0.15) is 0 Å². The molecule has 0 spiro atoms. The van der Waals surface area contributed by atoms with Gasteiger partial charge in [0.1, 0.15) is 6.54 Å². The number of carbonyl (C=O) groups is 2. The second kappa shape index (κ2) is 7.87. The summed E-state index contributed by atoms with van der Waals surface area (Å²) in [5, 5.41) is 0. The van der Waals surface area contributed by atoms with E-state index in [0.717, 1.165) is 22.4 Å². The quantitative estimate of drug-likeness (QED) is 0.688. The Morgan fingerprint density at radius 2 is 1.66 bits per heavy atom. The molecule has 0 aliphatic carbocycles. The summed E-state index contributed by atoms with van der Waals surface area (Å²) >= 11 is 0. The standard InChI is InChI=1S/C24H23N3O2/c1-17-8-10-20(11-9-17)27-15-14-26(16-22(27)28)24(29)23-18(2)25-13-12-21(23)19-6-4-3-5-7-19/h3-13H,14-16H2,1-2H3. The van der Waals surface area contributed by atoms with E-state index in [-0.39, 0.29) is 18.4 Å². The Morgan fingerprint density at radius 1 is 0.931 bits per heavy atom. The molecule has 146 valence electrons. The monoisotopic (exact) mass is 385 g/mol. The second-order valence-electron chi connectivity index (χ2n) is 7.29. The van der Waals surface area contributed by atoms with Crippen molar-refractivity contribution in [3.05, 3.63) is 83.7 Å². The molecule has 3 aromatic rings. The summed E-state index contributed by atoms with van der Waals surface area (Å²) in [5.41, 5.74) is 5.06. The molecule has 5 heteroatoms. The number of benzene rings is 2. The second-order valence-corrected chi connectivity index (χ2v) is 7.29. The van der Waals surface area contributed by atoms with Gasteiger partial charge in [-0.05, 0) is 43.2 Å².